The molecule has 1 aromatic carbocycles. The topological polar surface area (TPSA) is 49.8 Å². The quantitative estimate of drug-likeness (QED) is 0.897. The summed E-state index contributed by atoms with van der Waals surface area (Å²) in [7, 11) is 1.65. The van der Waals surface area contributed by atoms with E-state index in [4.69, 9.17) is 4.74 Å². The van der Waals surface area contributed by atoms with Crippen LogP contribution in [0.25, 0.3) is 6.08 Å². The summed E-state index contributed by atoms with van der Waals surface area (Å²) in [5, 5.41) is 9.22. The van der Waals surface area contributed by atoms with Crippen LogP contribution in [0, 0.1) is 0 Å². The van der Waals surface area contributed by atoms with Gasteiger partial charge in [0.2, 0.25) is 0 Å². The lowest BCUT2D eigenvalue weighted by atomic mass is 10.0. The van der Waals surface area contributed by atoms with Gasteiger partial charge in [-0.1, -0.05) is 36.8 Å². The van der Waals surface area contributed by atoms with Crippen LogP contribution in [-0.2, 0) is 4.79 Å². The molecule has 1 fully saturated rings. The van der Waals surface area contributed by atoms with Gasteiger partial charge in [0.1, 0.15) is 11.8 Å². The zero-order chi connectivity index (χ0) is 14.4. The Morgan fingerprint density at radius 3 is 3.00 bits per heavy atom. The molecule has 0 amide bonds. The molecule has 0 radical (unpaired) electrons. The predicted octanol–water partition coefficient (Wildman–Crippen LogP) is 2.65. The highest BCUT2D eigenvalue weighted by atomic mass is 16.5. The van der Waals surface area contributed by atoms with Gasteiger partial charge in [-0.25, -0.2) is 0 Å². The number of benzene rings is 1. The zero-order valence-electron chi connectivity index (χ0n) is 11.8. The van der Waals surface area contributed by atoms with Crippen LogP contribution in [0.2, 0.25) is 0 Å². The van der Waals surface area contributed by atoms with Gasteiger partial charge in [0, 0.05) is 12.1 Å². The number of carboxylic acids is 1. The standard InChI is InChI=1S/C16H21NO3/c1-20-15-10-3-2-7-13(15)8-6-12-17-11-5-4-9-14(17)16(18)19/h2-3,6-8,10,14H,4-5,9,11-12H2,1H3,(H,18,19)/b8-6+. The molecular formula is C16H21NO3. The second-order valence-electron chi connectivity index (χ2n) is 4.99. The number of hydrogen-bond acceptors (Lipinski definition) is 3. The lowest BCUT2D eigenvalue weighted by molar-refractivity contribution is -0.144. The Hall–Kier alpha value is -1.81. The third-order valence-electron chi connectivity index (χ3n) is 3.67. The lowest BCUT2D eigenvalue weighted by Gasteiger charge is -2.31. The molecule has 1 atom stereocenters. The molecular weight excluding hydrogens is 254 g/mol. The van der Waals surface area contributed by atoms with Gasteiger partial charge in [-0.2, -0.15) is 0 Å². The number of likely N-dealkylation sites (tertiary alicyclic amines) is 1. The maximum absolute atomic E-state index is 11.2. The zero-order valence-corrected chi connectivity index (χ0v) is 11.8. The van der Waals surface area contributed by atoms with Gasteiger partial charge in [-0.05, 0) is 25.5 Å². The van der Waals surface area contributed by atoms with E-state index in [2.05, 4.69) is 0 Å². The van der Waals surface area contributed by atoms with E-state index in [1.54, 1.807) is 7.11 Å². The van der Waals surface area contributed by atoms with E-state index >= 15 is 0 Å². The molecule has 2 rings (SSSR count). The summed E-state index contributed by atoms with van der Waals surface area (Å²) in [6.45, 7) is 1.52. The number of para-hydroxylation sites is 1. The van der Waals surface area contributed by atoms with Crippen molar-refractivity contribution in [2.75, 3.05) is 20.2 Å². The molecule has 0 aliphatic carbocycles. The van der Waals surface area contributed by atoms with Crippen LogP contribution < -0.4 is 4.74 Å². The molecule has 20 heavy (non-hydrogen) atoms. The fourth-order valence-electron chi connectivity index (χ4n) is 2.61. The van der Waals surface area contributed by atoms with E-state index in [0.717, 1.165) is 37.1 Å². The lowest BCUT2D eigenvalue weighted by Crippen LogP contribution is -2.44. The third kappa shape index (κ3) is 3.61. The minimum absolute atomic E-state index is 0.342. The first-order valence-corrected chi connectivity index (χ1v) is 6.99. The molecule has 1 unspecified atom stereocenters. The van der Waals surface area contributed by atoms with Crippen molar-refractivity contribution in [3.05, 3.63) is 35.9 Å². The molecule has 1 aliphatic rings. The predicted molar refractivity (Wildman–Crippen MR) is 78.9 cm³/mol. The number of hydrogen-bond donors (Lipinski definition) is 1. The summed E-state index contributed by atoms with van der Waals surface area (Å²) >= 11 is 0. The van der Waals surface area contributed by atoms with Crippen molar-refractivity contribution >= 4 is 12.0 Å². The molecule has 1 aromatic rings. The number of nitrogens with zero attached hydrogens (tertiary/aromatic N) is 1. The van der Waals surface area contributed by atoms with Crippen LogP contribution in [-0.4, -0.2) is 42.2 Å². The maximum Gasteiger partial charge on any atom is 0.320 e. The molecule has 0 spiro atoms. The van der Waals surface area contributed by atoms with Gasteiger partial charge in [-0.3, -0.25) is 9.69 Å². The van der Waals surface area contributed by atoms with Crippen molar-refractivity contribution in [2.24, 2.45) is 0 Å². The van der Waals surface area contributed by atoms with Crippen molar-refractivity contribution in [3.8, 4) is 5.75 Å². The minimum atomic E-state index is -0.713. The minimum Gasteiger partial charge on any atom is -0.496 e. The number of carbonyl (C=O) groups is 1. The van der Waals surface area contributed by atoms with E-state index < -0.39 is 5.97 Å². The summed E-state index contributed by atoms with van der Waals surface area (Å²) in [4.78, 5) is 13.2. The fraction of sp³-hybridized carbons (Fsp3) is 0.438. The number of rotatable bonds is 5. The van der Waals surface area contributed by atoms with Crippen LogP contribution in [0.5, 0.6) is 5.75 Å². The molecule has 0 saturated carbocycles. The van der Waals surface area contributed by atoms with Crippen LogP contribution in [0.3, 0.4) is 0 Å². The van der Waals surface area contributed by atoms with Crippen LogP contribution >= 0.6 is 0 Å². The van der Waals surface area contributed by atoms with E-state index in [0.29, 0.717) is 6.54 Å². The first kappa shape index (κ1) is 14.6. The highest BCUT2D eigenvalue weighted by molar-refractivity contribution is 5.73. The third-order valence-corrected chi connectivity index (χ3v) is 3.67. The highest BCUT2D eigenvalue weighted by Crippen LogP contribution is 2.20. The average Bonchev–Trinajstić information content (AvgIpc) is 2.48. The number of methoxy groups -OCH3 is 1. The monoisotopic (exact) mass is 275 g/mol. The summed E-state index contributed by atoms with van der Waals surface area (Å²) in [6, 6.07) is 7.46. The van der Waals surface area contributed by atoms with Gasteiger partial charge in [-0.15, -0.1) is 0 Å². The Morgan fingerprint density at radius 2 is 2.25 bits per heavy atom. The Labute approximate surface area is 119 Å². The van der Waals surface area contributed by atoms with Crippen LogP contribution in [0.1, 0.15) is 24.8 Å². The highest BCUT2D eigenvalue weighted by Gasteiger charge is 2.27. The first-order valence-electron chi connectivity index (χ1n) is 6.99. The van der Waals surface area contributed by atoms with E-state index in [-0.39, 0.29) is 6.04 Å². The summed E-state index contributed by atoms with van der Waals surface area (Å²) in [5.41, 5.74) is 1.01. The van der Waals surface area contributed by atoms with Crippen LogP contribution in [0.15, 0.2) is 30.3 Å². The number of carboxylic acid groups (broad SMARTS) is 1. The Bertz CT molecular complexity index is 484. The van der Waals surface area contributed by atoms with E-state index in [1.165, 1.54) is 0 Å². The van der Waals surface area contributed by atoms with Gasteiger partial charge in [0.05, 0.1) is 7.11 Å². The Morgan fingerprint density at radius 1 is 1.45 bits per heavy atom. The first-order chi connectivity index (χ1) is 9.72. The van der Waals surface area contributed by atoms with Gasteiger partial charge in [0.15, 0.2) is 0 Å². The SMILES string of the molecule is COc1ccccc1/C=C/CN1CCCCC1C(=O)O. The van der Waals surface area contributed by atoms with Gasteiger partial charge < -0.3 is 9.84 Å². The average molecular weight is 275 g/mol. The number of aliphatic carboxylic acids is 1. The second kappa shape index (κ2) is 7.10. The molecule has 1 saturated heterocycles. The molecule has 0 aromatic heterocycles. The molecule has 1 N–H and O–H groups in total. The fourth-order valence-corrected chi connectivity index (χ4v) is 2.61. The van der Waals surface area contributed by atoms with E-state index in [1.807, 2.05) is 41.3 Å². The number of ether oxygens (including phenoxy) is 1. The molecule has 0 bridgehead atoms. The van der Waals surface area contributed by atoms with Crippen molar-refractivity contribution < 1.29 is 14.6 Å². The molecule has 108 valence electrons. The van der Waals surface area contributed by atoms with Crippen LogP contribution in [0.4, 0.5) is 0 Å². The molecule has 4 nitrogen and oxygen atoms in total. The van der Waals surface area contributed by atoms with E-state index in [9.17, 15) is 9.90 Å². The van der Waals surface area contributed by atoms with Gasteiger partial charge in [0.25, 0.3) is 0 Å². The summed E-state index contributed by atoms with van der Waals surface area (Å²) in [5.74, 6) is 0.118. The van der Waals surface area contributed by atoms with Crippen molar-refractivity contribution in [1.29, 1.82) is 0 Å². The Balaban J connectivity index is 1.99. The normalized spacial score (nSPS) is 20.1. The Kier molecular flexibility index (Phi) is 5.18. The summed E-state index contributed by atoms with van der Waals surface area (Å²) < 4.78 is 5.29. The number of piperidine rings is 1. The van der Waals surface area contributed by atoms with Crippen molar-refractivity contribution in [2.45, 2.75) is 25.3 Å². The van der Waals surface area contributed by atoms with Crippen molar-refractivity contribution in [3.63, 3.8) is 0 Å². The van der Waals surface area contributed by atoms with Crippen molar-refractivity contribution in [1.82, 2.24) is 4.90 Å². The van der Waals surface area contributed by atoms with Gasteiger partial charge >= 0.3 is 5.97 Å². The largest absolute Gasteiger partial charge is 0.496 e. The molecule has 1 heterocycles. The second-order valence-corrected chi connectivity index (χ2v) is 4.99. The molecule has 4 heteroatoms. The summed E-state index contributed by atoms with van der Waals surface area (Å²) in [6.07, 6.45) is 6.83. The molecule has 1 aliphatic heterocycles. The smallest absolute Gasteiger partial charge is 0.320 e. The maximum atomic E-state index is 11.2.